The first-order valence-electron chi connectivity index (χ1n) is 4.48. The van der Waals surface area contributed by atoms with Gasteiger partial charge in [0.15, 0.2) is 0 Å². The Balaban J connectivity index is 2.91. The first-order chi connectivity index (χ1) is 6.50. The van der Waals surface area contributed by atoms with Gasteiger partial charge in [0.25, 0.3) is 0 Å². The van der Waals surface area contributed by atoms with Crippen LogP contribution in [-0.4, -0.2) is 21.0 Å². The van der Waals surface area contributed by atoms with E-state index in [1.54, 1.807) is 0 Å². The van der Waals surface area contributed by atoms with Crippen molar-refractivity contribution in [3.63, 3.8) is 0 Å². The lowest BCUT2D eigenvalue weighted by atomic mass is 10.1. The monoisotopic (exact) mass is 194 g/mol. The van der Waals surface area contributed by atoms with Crippen molar-refractivity contribution in [2.45, 2.75) is 26.7 Å². The molecule has 4 heteroatoms. The Labute approximate surface area is 82.7 Å². The van der Waals surface area contributed by atoms with Crippen LogP contribution in [0.15, 0.2) is 6.08 Å². The van der Waals surface area contributed by atoms with Crippen LogP contribution < -0.4 is 0 Å². The second kappa shape index (κ2) is 4.09. The molecule has 0 fully saturated rings. The van der Waals surface area contributed by atoms with Gasteiger partial charge in [0.1, 0.15) is 5.82 Å². The molecule has 14 heavy (non-hydrogen) atoms. The molecule has 1 heterocycles. The van der Waals surface area contributed by atoms with Crippen LogP contribution >= 0.6 is 0 Å². The summed E-state index contributed by atoms with van der Waals surface area (Å²) < 4.78 is 0. The molecule has 0 aromatic carbocycles. The molecule has 0 unspecified atom stereocenters. The van der Waals surface area contributed by atoms with Gasteiger partial charge >= 0.3 is 5.97 Å². The number of nitrogens with zero attached hydrogens (tertiary/aromatic N) is 1. The number of hydrogen-bond acceptors (Lipinski definition) is 2. The van der Waals surface area contributed by atoms with Crippen LogP contribution in [0.1, 0.15) is 37.0 Å². The maximum absolute atomic E-state index is 10.3. The van der Waals surface area contributed by atoms with Crippen LogP contribution in [-0.2, 0) is 4.79 Å². The third kappa shape index (κ3) is 2.45. The molecular formula is C10H14N2O2. The minimum atomic E-state index is -0.967. The van der Waals surface area contributed by atoms with Crippen molar-refractivity contribution in [1.82, 2.24) is 9.97 Å². The third-order valence-corrected chi connectivity index (χ3v) is 1.87. The zero-order valence-electron chi connectivity index (χ0n) is 8.53. The molecular weight excluding hydrogens is 180 g/mol. The topological polar surface area (TPSA) is 66.0 Å². The first kappa shape index (κ1) is 10.5. The van der Waals surface area contributed by atoms with E-state index in [4.69, 9.17) is 5.11 Å². The Bertz CT molecular complexity index is 364. The van der Waals surface area contributed by atoms with Crippen LogP contribution in [0.4, 0.5) is 0 Å². The van der Waals surface area contributed by atoms with Crippen LogP contribution in [0.2, 0.25) is 0 Å². The Kier molecular flexibility index (Phi) is 3.06. The average Bonchev–Trinajstić information content (AvgIpc) is 2.43. The Morgan fingerprint density at radius 1 is 1.57 bits per heavy atom. The van der Waals surface area contributed by atoms with E-state index >= 15 is 0 Å². The minimum Gasteiger partial charge on any atom is -0.478 e. The van der Waals surface area contributed by atoms with Gasteiger partial charge in [0, 0.05) is 11.8 Å². The number of carbonyl (C=O) groups is 1. The van der Waals surface area contributed by atoms with Crippen molar-refractivity contribution >= 4 is 12.0 Å². The Hall–Kier alpha value is -1.58. The van der Waals surface area contributed by atoms with Crippen LogP contribution in [0.3, 0.4) is 0 Å². The van der Waals surface area contributed by atoms with Gasteiger partial charge in [-0.25, -0.2) is 9.78 Å². The van der Waals surface area contributed by atoms with Gasteiger partial charge < -0.3 is 10.1 Å². The number of aliphatic carboxylic acids is 1. The van der Waals surface area contributed by atoms with E-state index in [0.29, 0.717) is 11.7 Å². The molecule has 0 aliphatic heterocycles. The highest BCUT2D eigenvalue weighted by atomic mass is 16.4. The predicted molar refractivity (Wildman–Crippen MR) is 54.1 cm³/mol. The normalized spacial score (nSPS) is 11.4. The number of aryl methyl sites for hydroxylation is 1. The summed E-state index contributed by atoms with van der Waals surface area (Å²) in [6, 6.07) is 0. The SMILES string of the molecule is Cc1[nH]c(/C=C/C(=O)O)nc1C(C)C. The Morgan fingerprint density at radius 2 is 2.21 bits per heavy atom. The summed E-state index contributed by atoms with van der Waals surface area (Å²) in [5.41, 5.74) is 1.97. The lowest BCUT2D eigenvalue weighted by Crippen LogP contribution is -1.90. The zero-order chi connectivity index (χ0) is 10.7. The number of carboxylic acid groups (broad SMARTS) is 1. The molecule has 4 nitrogen and oxygen atoms in total. The molecule has 0 aliphatic rings. The van der Waals surface area contributed by atoms with Crippen LogP contribution in [0, 0.1) is 6.92 Å². The van der Waals surface area contributed by atoms with Gasteiger partial charge in [-0.05, 0) is 18.9 Å². The Morgan fingerprint density at radius 3 is 2.64 bits per heavy atom. The van der Waals surface area contributed by atoms with E-state index in [0.717, 1.165) is 17.5 Å². The van der Waals surface area contributed by atoms with Gasteiger partial charge in [-0.2, -0.15) is 0 Å². The van der Waals surface area contributed by atoms with Gasteiger partial charge in [-0.15, -0.1) is 0 Å². The number of hydrogen-bond donors (Lipinski definition) is 2. The second-order valence-corrected chi connectivity index (χ2v) is 3.46. The summed E-state index contributed by atoms with van der Waals surface area (Å²) in [5, 5.41) is 8.43. The van der Waals surface area contributed by atoms with Crippen molar-refractivity contribution in [1.29, 1.82) is 0 Å². The van der Waals surface area contributed by atoms with E-state index in [1.165, 1.54) is 6.08 Å². The molecule has 0 saturated heterocycles. The molecule has 0 amide bonds. The number of rotatable bonds is 3. The number of imidazole rings is 1. The molecule has 0 atom stereocenters. The minimum absolute atomic E-state index is 0.346. The number of aromatic amines is 1. The molecule has 2 N–H and O–H groups in total. The quantitative estimate of drug-likeness (QED) is 0.722. The highest BCUT2D eigenvalue weighted by Gasteiger charge is 2.08. The van der Waals surface area contributed by atoms with Crippen molar-refractivity contribution in [3.8, 4) is 0 Å². The predicted octanol–water partition coefficient (Wildman–Crippen LogP) is 1.94. The number of aromatic nitrogens is 2. The van der Waals surface area contributed by atoms with Gasteiger partial charge in [0.2, 0.25) is 0 Å². The highest BCUT2D eigenvalue weighted by molar-refractivity contribution is 5.84. The van der Waals surface area contributed by atoms with Crippen molar-refractivity contribution in [2.75, 3.05) is 0 Å². The summed E-state index contributed by atoms with van der Waals surface area (Å²) in [6.07, 6.45) is 2.53. The molecule has 0 saturated carbocycles. The average molecular weight is 194 g/mol. The lowest BCUT2D eigenvalue weighted by molar-refractivity contribution is -0.131. The van der Waals surface area contributed by atoms with E-state index in [9.17, 15) is 4.79 Å². The van der Waals surface area contributed by atoms with Crippen molar-refractivity contribution < 1.29 is 9.90 Å². The fourth-order valence-corrected chi connectivity index (χ4v) is 1.29. The molecule has 0 aliphatic carbocycles. The van der Waals surface area contributed by atoms with Gasteiger partial charge in [-0.1, -0.05) is 13.8 Å². The van der Waals surface area contributed by atoms with Crippen molar-refractivity contribution in [2.24, 2.45) is 0 Å². The van der Waals surface area contributed by atoms with Crippen molar-refractivity contribution in [3.05, 3.63) is 23.3 Å². The third-order valence-electron chi connectivity index (χ3n) is 1.87. The van der Waals surface area contributed by atoms with E-state index in [-0.39, 0.29) is 0 Å². The van der Waals surface area contributed by atoms with E-state index in [2.05, 4.69) is 9.97 Å². The zero-order valence-corrected chi connectivity index (χ0v) is 8.53. The molecule has 1 aromatic heterocycles. The number of H-pyrrole nitrogens is 1. The van der Waals surface area contributed by atoms with Crippen LogP contribution in [0.25, 0.3) is 6.08 Å². The van der Waals surface area contributed by atoms with Gasteiger partial charge in [0.05, 0.1) is 5.69 Å². The lowest BCUT2D eigenvalue weighted by Gasteiger charge is -1.99. The number of carboxylic acids is 1. The van der Waals surface area contributed by atoms with Gasteiger partial charge in [-0.3, -0.25) is 0 Å². The summed E-state index contributed by atoms with van der Waals surface area (Å²) in [5.74, 6) is -0.0306. The fraction of sp³-hybridized carbons (Fsp3) is 0.400. The fourth-order valence-electron chi connectivity index (χ4n) is 1.29. The standard InChI is InChI=1S/C10H14N2O2/c1-6(2)10-7(3)11-8(12-10)4-5-9(13)14/h4-6H,1-3H3,(H,11,12)(H,13,14)/b5-4+. The van der Waals surface area contributed by atoms with Crippen LogP contribution in [0.5, 0.6) is 0 Å². The summed E-state index contributed by atoms with van der Waals surface area (Å²) >= 11 is 0. The summed E-state index contributed by atoms with van der Waals surface area (Å²) in [4.78, 5) is 17.6. The molecule has 76 valence electrons. The maximum Gasteiger partial charge on any atom is 0.328 e. The smallest absolute Gasteiger partial charge is 0.328 e. The van der Waals surface area contributed by atoms with E-state index in [1.807, 2.05) is 20.8 Å². The molecule has 1 rings (SSSR count). The number of nitrogens with one attached hydrogen (secondary N) is 1. The molecule has 0 spiro atoms. The maximum atomic E-state index is 10.3. The molecule has 0 bridgehead atoms. The largest absolute Gasteiger partial charge is 0.478 e. The molecule has 1 aromatic rings. The summed E-state index contributed by atoms with van der Waals surface area (Å²) in [7, 11) is 0. The molecule has 0 radical (unpaired) electrons. The second-order valence-electron chi connectivity index (χ2n) is 3.46. The summed E-state index contributed by atoms with van der Waals surface area (Å²) in [6.45, 7) is 6.03. The van der Waals surface area contributed by atoms with E-state index < -0.39 is 5.97 Å². The first-order valence-corrected chi connectivity index (χ1v) is 4.48. The highest BCUT2D eigenvalue weighted by Crippen LogP contribution is 2.16.